The largest absolute Gasteiger partial charge is 0.409 e. The Morgan fingerprint density at radius 1 is 1.33 bits per heavy atom. The summed E-state index contributed by atoms with van der Waals surface area (Å²) in [5, 5.41) is 12.0. The monoisotopic (exact) mass is 257 g/mol. The van der Waals surface area contributed by atoms with Crippen molar-refractivity contribution in [3.63, 3.8) is 0 Å². The lowest BCUT2D eigenvalue weighted by atomic mass is 10.1. The Bertz CT molecular complexity index is 601. The van der Waals surface area contributed by atoms with Crippen molar-refractivity contribution in [2.45, 2.75) is 12.7 Å². The van der Waals surface area contributed by atoms with Gasteiger partial charge in [-0.05, 0) is 12.1 Å². The Morgan fingerprint density at radius 2 is 2.06 bits per heavy atom. The van der Waals surface area contributed by atoms with Gasteiger partial charge in [-0.1, -0.05) is 17.3 Å². The SMILES string of the molecule is N/C(=N/O)c1cccc2c1ccn2CC(F)(F)F. The van der Waals surface area contributed by atoms with Crippen molar-refractivity contribution >= 4 is 16.7 Å². The summed E-state index contributed by atoms with van der Waals surface area (Å²) in [6.07, 6.45) is -2.97. The van der Waals surface area contributed by atoms with Crippen molar-refractivity contribution < 1.29 is 18.4 Å². The van der Waals surface area contributed by atoms with E-state index in [9.17, 15) is 13.2 Å². The molecule has 1 aromatic heterocycles. The van der Waals surface area contributed by atoms with Crippen LogP contribution in [-0.4, -0.2) is 21.8 Å². The summed E-state index contributed by atoms with van der Waals surface area (Å²) < 4.78 is 38.2. The Labute approximate surface area is 100 Å². The molecule has 4 nitrogen and oxygen atoms in total. The molecule has 0 amide bonds. The highest BCUT2D eigenvalue weighted by molar-refractivity contribution is 6.08. The number of hydrogen-bond donors (Lipinski definition) is 2. The maximum Gasteiger partial charge on any atom is 0.406 e. The number of nitrogens with two attached hydrogens (primary N) is 1. The molecule has 0 bridgehead atoms. The molecule has 0 aliphatic rings. The Kier molecular flexibility index (Phi) is 2.90. The summed E-state index contributed by atoms with van der Waals surface area (Å²) in [6, 6.07) is 6.20. The second-order valence-corrected chi connectivity index (χ2v) is 3.78. The number of benzene rings is 1. The molecule has 96 valence electrons. The van der Waals surface area contributed by atoms with E-state index >= 15 is 0 Å². The first-order chi connectivity index (χ1) is 8.42. The summed E-state index contributed by atoms with van der Waals surface area (Å²) in [6.45, 7) is -1.07. The molecule has 0 saturated heterocycles. The number of nitrogens with zero attached hydrogens (tertiary/aromatic N) is 2. The number of alkyl halides is 3. The maximum absolute atomic E-state index is 12.4. The fourth-order valence-corrected chi connectivity index (χ4v) is 1.83. The second kappa shape index (κ2) is 4.25. The molecule has 0 unspecified atom stereocenters. The van der Waals surface area contributed by atoms with E-state index in [2.05, 4.69) is 5.16 Å². The first-order valence-corrected chi connectivity index (χ1v) is 5.05. The lowest BCUT2D eigenvalue weighted by Crippen LogP contribution is -2.17. The minimum absolute atomic E-state index is 0.134. The molecule has 2 rings (SSSR count). The van der Waals surface area contributed by atoms with Crippen molar-refractivity contribution in [2.24, 2.45) is 10.9 Å². The minimum Gasteiger partial charge on any atom is -0.409 e. The lowest BCUT2D eigenvalue weighted by molar-refractivity contribution is -0.139. The zero-order valence-corrected chi connectivity index (χ0v) is 9.15. The molecule has 18 heavy (non-hydrogen) atoms. The average molecular weight is 257 g/mol. The van der Waals surface area contributed by atoms with Crippen molar-refractivity contribution in [1.29, 1.82) is 0 Å². The standard InChI is InChI=1S/C11H10F3N3O/c12-11(13,14)6-17-5-4-7-8(10(15)16-18)2-1-3-9(7)17/h1-5,18H,6H2,(H2,15,16). The maximum atomic E-state index is 12.4. The molecule has 3 N–H and O–H groups in total. The van der Waals surface area contributed by atoms with E-state index in [0.29, 0.717) is 16.5 Å². The highest BCUT2D eigenvalue weighted by Gasteiger charge is 2.28. The summed E-state index contributed by atoms with van der Waals surface area (Å²) >= 11 is 0. The van der Waals surface area contributed by atoms with Gasteiger partial charge in [0.15, 0.2) is 5.84 Å². The summed E-state index contributed by atoms with van der Waals surface area (Å²) in [5.74, 6) is -0.134. The van der Waals surface area contributed by atoms with E-state index in [1.165, 1.54) is 12.3 Å². The van der Waals surface area contributed by atoms with Crippen LogP contribution in [0.4, 0.5) is 13.2 Å². The van der Waals surface area contributed by atoms with Crippen LogP contribution in [0.25, 0.3) is 10.9 Å². The molecule has 2 aromatic rings. The normalized spacial score (nSPS) is 13.2. The molecule has 0 radical (unpaired) electrons. The Hall–Kier alpha value is -2.18. The number of hydrogen-bond acceptors (Lipinski definition) is 2. The van der Waals surface area contributed by atoms with Crippen molar-refractivity contribution in [1.82, 2.24) is 4.57 Å². The molecular weight excluding hydrogens is 247 g/mol. The van der Waals surface area contributed by atoms with Gasteiger partial charge in [-0.25, -0.2) is 0 Å². The lowest BCUT2D eigenvalue weighted by Gasteiger charge is -2.09. The number of fused-ring (bicyclic) bond motifs is 1. The van der Waals surface area contributed by atoms with E-state index in [-0.39, 0.29) is 5.84 Å². The molecule has 0 aliphatic heterocycles. The van der Waals surface area contributed by atoms with Crippen molar-refractivity contribution in [2.75, 3.05) is 0 Å². The third kappa shape index (κ3) is 2.24. The van der Waals surface area contributed by atoms with Gasteiger partial charge in [0.1, 0.15) is 6.54 Å². The fraction of sp³-hybridized carbons (Fsp3) is 0.182. The molecule has 7 heteroatoms. The highest BCUT2D eigenvalue weighted by Crippen LogP contribution is 2.24. The van der Waals surface area contributed by atoms with Gasteiger partial charge < -0.3 is 15.5 Å². The van der Waals surface area contributed by atoms with Crippen LogP contribution < -0.4 is 5.73 Å². The smallest absolute Gasteiger partial charge is 0.406 e. The average Bonchev–Trinajstić information content (AvgIpc) is 2.69. The van der Waals surface area contributed by atoms with Gasteiger partial charge in [0, 0.05) is 22.7 Å². The van der Waals surface area contributed by atoms with E-state index < -0.39 is 12.7 Å². The predicted molar refractivity (Wildman–Crippen MR) is 60.5 cm³/mol. The molecule has 1 heterocycles. The van der Waals surface area contributed by atoms with E-state index in [1.54, 1.807) is 18.2 Å². The topological polar surface area (TPSA) is 63.5 Å². The van der Waals surface area contributed by atoms with Gasteiger partial charge in [-0.15, -0.1) is 0 Å². The fourth-order valence-electron chi connectivity index (χ4n) is 1.83. The van der Waals surface area contributed by atoms with Crippen molar-refractivity contribution in [3.05, 3.63) is 36.0 Å². The first-order valence-electron chi connectivity index (χ1n) is 5.05. The molecule has 0 atom stereocenters. The van der Waals surface area contributed by atoms with Gasteiger partial charge in [0.2, 0.25) is 0 Å². The Morgan fingerprint density at radius 3 is 2.67 bits per heavy atom. The molecule has 0 saturated carbocycles. The van der Waals surface area contributed by atoms with Gasteiger partial charge in [0.05, 0.1) is 0 Å². The van der Waals surface area contributed by atoms with Crippen LogP contribution in [0.1, 0.15) is 5.56 Å². The number of aromatic nitrogens is 1. The zero-order chi connectivity index (χ0) is 13.3. The molecule has 0 fully saturated rings. The third-order valence-corrected chi connectivity index (χ3v) is 2.55. The van der Waals surface area contributed by atoms with Gasteiger partial charge in [-0.2, -0.15) is 13.2 Å². The minimum atomic E-state index is -4.29. The summed E-state index contributed by atoms with van der Waals surface area (Å²) in [7, 11) is 0. The zero-order valence-electron chi connectivity index (χ0n) is 9.15. The Balaban J connectivity index is 2.55. The van der Waals surface area contributed by atoms with E-state index in [4.69, 9.17) is 10.9 Å². The summed E-state index contributed by atoms with van der Waals surface area (Å²) in [4.78, 5) is 0. The number of amidine groups is 1. The molecule has 0 aliphatic carbocycles. The predicted octanol–water partition coefficient (Wildman–Crippen LogP) is 2.30. The van der Waals surface area contributed by atoms with Crippen LogP contribution in [0, 0.1) is 0 Å². The highest BCUT2D eigenvalue weighted by atomic mass is 19.4. The van der Waals surface area contributed by atoms with Gasteiger partial charge in [0.25, 0.3) is 0 Å². The van der Waals surface area contributed by atoms with Crippen molar-refractivity contribution in [3.8, 4) is 0 Å². The summed E-state index contributed by atoms with van der Waals surface area (Å²) in [5.41, 5.74) is 6.25. The van der Waals surface area contributed by atoms with Crippen LogP contribution in [0.15, 0.2) is 35.6 Å². The third-order valence-electron chi connectivity index (χ3n) is 2.55. The number of rotatable bonds is 2. The van der Waals surface area contributed by atoms with Crippen LogP contribution in [-0.2, 0) is 6.54 Å². The van der Waals surface area contributed by atoms with Crippen LogP contribution >= 0.6 is 0 Å². The van der Waals surface area contributed by atoms with Crippen LogP contribution in [0.3, 0.4) is 0 Å². The molecular formula is C11H10F3N3O. The first kappa shape index (κ1) is 12.3. The van der Waals surface area contributed by atoms with E-state index in [1.807, 2.05) is 0 Å². The van der Waals surface area contributed by atoms with Gasteiger partial charge in [-0.3, -0.25) is 0 Å². The number of halogens is 3. The second-order valence-electron chi connectivity index (χ2n) is 3.78. The van der Waals surface area contributed by atoms with E-state index in [0.717, 1.165) is 4.57 Å². The quantitative estimate of drug-likeness (QED) is 0.375. The van der Waals surface area contributed by atoms with Crippen LogP contribution in [0.2, 0.25) is 0 Å². The molecule has 1 aromatic carbocycles. The van der Waals surface area contributed by atoms with Gasteiger partial charge >= 0.3 is 6.18 Å². The van der Waals surface area contributed by atoms with Crippen LogP contribution in [0.5, 0.6) is 0 Å². The molecule has 0 spiro atoms. The number of oxime groups is 1.